The molecule has 0 aromatic heterocycles. The summed E-state index contributed by atoms with van der Waals surface area (Å²) in [5.74, 6) is 0.0195. The van der Waals surface area contributed by atoms with Gasteiger partial charge in [0.25, 0.3) is 0 Å². The second-order valence-corrected chi connectivity index (χ2v) is 8.73. The van der Waals surface area contributed by atoms with Gasteiger partial charge in [0.05, 0.1) is 18.1 Å². The number of hydrogen-bond donors (Lipinski definition) is 0. The van der Waals surface area contributed by atoms with Crippen molar-refractivity contribution in [1.29, 1.82) is 0 Å². The molecule has 1 aromatic carbocycles. The van der Waals surface area contributed by atoms with Crippen molar-refractivity contribution in [3.63, 3.8) is 0 Å². The van der Waals surface area contributed by atoms with Crippen molar-refractivity contribution in [3.8, 4) is 0 Å². The van der Waals surface area contributed by atoms with Crippen LogP contribution in [0.15, 0.2) is 29.2 Å². The zero-order valence-corrected chi connectivity index (χ0v) is 15.1. The van der Waals surface area contributed by atoms with Gasteiger partial charge < -0.3 is 4.90 Å². The zero-order chi connectivity index (χ0) is 17.3. The molecule has 2 aliphatic heterocycles. The van der Waals surface area contributed by atoms with E-state index in [0.29, 0.717) is 13.1 Å². The number of sulfonamides is 1. The minimum atomic E-state index is -3.56. The second kappa shape index (κ2) is 6.82. The van der Waals surface area contributed by atoms with Crippen molar-refractivity contribution in [1.82, 2.24) is 14.1 Å². The summed E-state index contributed by atoms with van der Waals surface area (Å²) in [7, 11) is -3.56. The van der Waals surface area contributed by atoms with E-state index in [-0.39, 0.29) is 23.5 Å². The van der Waals surface area contributed by atoms with Crippen LogP contribution in [0.1, 0.15) is 25.3 Å². The summed E-state index contributed by atoms with van der Waals surface area (Å²) >= 11 is 0. The zero-order valence-electron chi connectivity index (χ0n) is 14.3. The second-order valence-electron chi connectivity index (χ2n) is 6.79. The molecule has 1 atom stereocenters. The Bertz CT molecular complexity index is 696. The van der Waals surface area contributed by atoms with Crippen molar-refractivity contribution in [2.24, 2.45) is 0 Å². The van der Waals surface area contributed by atoms with Crippen molar-refractivity contribution in [2.75, 3.05) is 32.8 Å². The standard InChI is InChI=1S/C17H25N3O3S/c1-14-5-7-16(8-6-14)24(22,23)19-11-15(2)20(13-19)17(21)12-18-9-3-4-10-18/h5-8,15H,3-4,9-13H2,1-2H3/t15-/m0/s1. The summed E-state index contributed by atoms with van der Waals surface area (Å²) < 4.78 is 27.0. The average molecular weight is 351 g/mol. The summed E-state index contributed by atoms with van der Waals surface area (Å²) in [6.45, 7) is 6.63. The number of likely N-dealkylation sites (tertiary alicyclic amines) is 1. The maximum absolute atomic E-state index is 12.8. The monoisotopic (exact) mass is 351 g/mol. The van der Waals surface area contributed by atoms with Crippen molar-refractivity contribution >= 4 is 15.9 Å². The molecule has 0 aliphatic carbocycles. The first-order valence-electron chi connectivity index (χ1n) is 8.46. The number of nitrogens with zero attached hydrogens (tertiary/aromatic N) is 3. The molecule has 6 nitrogen and oxygen atoms in total. The Kier molecular flexibility index (Phi) is 4.94. The van der Waals surface area contributed by atoms with E-state index in [1.54, 1.807) is 29.2 Å². The minimum absolute atomic E-state index is 0.0195. The molecule has 0 N–H and O–H groups in total. The Morgan fingerprint density at radius 3 is 2.42 bits per heavy atom. The first kappa shape index (κ1) is 17.4. The van der Waals surface area contributed by atoms with Crippen LogP contribution in [-0.4, -0.2) is 67.3 Å². The molecule has 0 saturated carbocycles. The molecular formula is C17H25N3O3S. The summed E-state index contributed by atoms with van der Waals surface area (Å²) in [5, 5.41) is 0. The Hall–Kier alpha value is -1.44. The van der Waals surface area contributed by atoms with E-state index < -0.39 is 10.0 Å². The Labute approximate surface area is 144 Å². The van der Waals surface area contributed by atoms with Crippen molar-refractivity contribution in [3.05, 3.63) is 29.8 Å². The maximum atomic E-state index is 12.8. The number of aryl methyl sites for hydroxylation is 1. The normalized spacial score (nSPS) is 23.1. The first-order chi connectivity index (χ1) is 11.4. The molecule has 0 radical (unpaired) electrons. The molecule has 2 saturated heterocycles. The van der Waals surface area contributed by atoms with E-state index in [4.69, 9.17) is 0 Å². The molecule has 0 bridgehead atoms. The fourth-order valence-corrected chi connectivity index (χ4v) is 4.81. The Balaban J connectivity index is 1.70. The van der Waals surface area contributed by atoms with Crippen LogP contribution in [-0.2, 0) is 14.8 Å². The molecule has 0 spiro atoms. The van der Waals surface area contributed by atoms with E-state index in [1.165, 1.54) is 4.31 Å². The number of benzene rings is 1. The topological polar surface area (TPSA) is 60.9 Å². The highest BCUT2D eigenvalue weighted by Gasteiger charge is 2.38. The molecule has 2 aliphatic rings. The summed E-state index contributed by atoms with van der Waals surface area (Å²) in [4.78, 5) is 16.6. The number of hydrogen-bond acceptors (Lipinski definition) is 4. The van der Waals surface area contributed by atoms with E-state index in [9.17, 15) is 13.2 Å². The highest BCUT2D eigenvalue weighted by Crippen LogP contribution is 2.23. The third-order valence-electron chi connectivity index (χ3n) is 4.85. The van der Waals surface area contributed by atoms with Crippen LogP contribution in [0.2, 0.25) is 0 Å². The lowest BCUT2D eigenvalue weighted by molar-refractivity contribution is -0.132. The molecule has 1 amide bonds. The van der Waals surface area contributed by atoms with Gasteiger partial charge in [0, 0.05) is 12.6 Å². The van der Waals surface area contributed by atoms with Crippen molar-refractivity contribution < 1.29 is 13.2 Å². The van der Waals surface area contributed by atoms with E-state index in [2.05, 4.69) is 4.90 Å². The van der Waals surface area contributed by atoms with Crippen LogP contribution < -0.4 is 0 Å². The average Bonchev–Trinajstić information content (AvgIpc) is 3.17. The molecule has 3 rings (SSSR count). The van der Waals surface area contributed by atoms with Gasteiger partial charge in [0.15, 0.2) is 0 Å². The summed E-state index contributed by atoms with van der Waals surface area (Å²) in [6, 6.07) is 6.75. The van der Waals surface area contributed by atoms with Gasteiger partial charge in [-0.3, -0.25) is 9.69 Å². The smallest absolute Gasteiger partial charge is 0.244 e. The molecule has 2 fully saturated rings. The van der Waals surface area contributed by atoms with Gasteiger partial charge in [-0.1, -0.05) is 17.7 Å². The number of amides is 1. The van der Waals surface area contributed by atoms with Crippen LogP contribution in [0, 0.1) is 6.92 Å². The molecule has 2 heterocycles. The van der Waals surface area contributed by atoms with E-state index >= 15 is 0 Å². The van der Waals surface area contributed by atoms with Gasteiger partial charge in [0.1, 0.15) is 0 Å². The summed E-state index contributed by atoms with van der Waals surface area (Å²) in [6.07, 6.45) is 2.27. The predicted octanol–water partition coefficient (Wildman–Crippen LogP) is 1.27. The van der Waals surface area contributed by atoms with Crippen LogP contribution >= 0.6 is 0 Å². The minimum Gasteiger partial charge on any atom is -0.324 e. The van der Waals surface area contributed by atoms with Crippen LogP contribution in [0.5, 0.6) is 0 Å². The quantitative estimate of drug-likeness (QED) is 0.820. The van der Waals surface area contributed by atoms with Crippen molar-refractivity contribution in [2.45, 2.75) is 37.6 Å². The Morgan fingerprint density at radius 2 is 1.79 bits per heavy atom. The third kappa shape index (κ3) is 3.48. The highest BCUT2D eigenvalue weighted by atomic mass is 32.2. The van der Waals surface area contributed by atoms with Gasteiger partial charge in [-0.25, -0.2) is 8.42 Å². The van der Waals surface area contributed by atoms with Gasteiger partial charge in [0.2, 0.25) is 15.9 Å². The largest absolute Gasteiger partial charge is 0.324 e. The van der Waals surface area contributed by atoms with Gasteiger partial charge in [-0.2, -0.15) is 4.31 Å². The molecule has 0 unspecified atom stereocenters. The van der Waals surface area contributed by atoms with E-state index in [0.717, 1.165) is 31.5 Å². The van der Waals surface area contributed by atoms with Crippen LogP contribution in [0.3, 0.4) is 0 Å². The molecule has 1 aromatic rings. The van der Waals surface area contributed by atoms with E-state index in [1.807, 2.05) is 13.8 Å². The SMILES string of the molecule is Cc1ccc(S(=O)(=O)N2C[C@H](C)N(C(=O)CN3CCCC3)C2)cc1. The van der Waals surface area contributed by atoms with Gasteiger partial charge in [-0.15, -0.1) is 0 Å². The number of rotatable bonds is 4. The van der Waals surface area contributed by atoms with Crippen LogP contribution in [0.4, 0.5) is 0 Å². The molecule has 7 heteroatoms. The molecule has 132 valence electrons. The van der Waals surface area contributed by atoms with Gasteiger partial charge in [-0.05, 0) is 51.9 Å². The number of carbonyl (C=O) groups is 1. The highest BCUT2D eigenvalue weighted by molar-refractivity contribution is 7.89. The lowest BCUT2D eigenvalue weighted by atomic mass is 10.2. The maximum Gasteiger partial charge on any atom is 0.244 e. The fraction of sp³-hybridized carbons (Fsp3) is 0.588. The first-order valence-corrected chi connectivity index (χ1v) is 9.90. The third-order valence-corrected chi connectivity index (χ3v) is 6.66. The lowest BCUT2D eigenvalue weighted by Crippen LogP contribution is -2.42. The van der Waals surface area contributed by atoms with Crippen LogP contribution in [0.25, 0.3) is 0 Å². The number of carbonyl (C=O) groups excluding carboxylic acids is 1. The summed E-state index contributed by atoms with van der Waals surface area (Å²) in [5.41, 5.74) is 1.02. The fourth-order valence-electron chi connectivity index (χ4n) is 3.34. The molecular weight excluding hydrogens is 326 g/mol. The Morgan fingerprint density at radius 1 is 1.17 bits per heavy atom. The molecule has 24 heavy (non-hydrogen) atoms. The van der Waals surface area contributed by atoms with Gasteiger partial charge >= 0.3 is 0 Å². The lowest BCUT2D eigenvalue weighted by Gasteiger charge is -2.24. The predicted molar refractivity (Wildman–Crippen MR) is 91.9 cm³/mol.